The third kappa shape index (κ3) is 1.10. The van der Waals surface area contributed by atoms with E-state index in [2.05, 4.69) is 22.4 Å². The summed E-state index contributed by atoms with van der Waals surface area (Å²) in [4.78, 5) is 0. The van der Waals surface area contributed by atoms with E-state index < -0.39 is 0 Å². The van der Waals surface area contributed by atoms with Crippen LogP contribution in [0.1, 0.15) is 38.2 Å². The molecule has 12 heavy (non-hydrogen) atoms. The third-order valence-corrected chi connectivity index (χ3v) is 2.31. The standard InChI is InChI=1S/C7H13N5/c1-4-3-6(4)12-7(5(2)8)9-10-11-12/h4-6H,3,8H2,1-2H3. The molecule has 5 heteroatoms. The summed E-state index contributed by atoms with van der Waals surface area (Å²) >= 11 is 0. The van der Waals surface area contributed by atoms with E-state index in [1.165, 1.54) is 6.42 Å². The third-order valence-electron chi connectivity index (χ3n) is 2.31. The first kappa shape index (κ1) is 7.67. The number of rotatable bonds is 2. The van der Waals surface area contributed by atoms with Crippen LogP contribution in [-0.4, -0.2) is 20.2 Å². The highest BCUT2D eigenvalue weighted by Crippen LogP contribution is 2.42. The molecule has 2 rings (SSSR count). The molecule has 0 aromatic carbocycles. The van der Waals surface area contributed by atoms with E-state index in [1.54, 1.807) is 0 Å². The predicted octanol–water partition coefficient (Wildman–Crippen LogP) is 0.274. The molecule has 66 valence electrons. The summed E-state index contributed by atoms with van der Waals surface area (Å²) in [5.74, 6) is 1.50. The molecule has 0 spiro atoms. The maximum atomic E-state index is 5.71. The lowest BCUT2D eigenvalue weighted by molar-refractivity contribution is 0.535. The summed E-state index contributed by atoms with van der Waals surface area (Å²) < 4.78 is 1.86. The Kier molecular flexibility index (Phi) is 1.61. The molecule has 0 saturated heterocycles. The first-order chi connectivity index (χ1) is 5.70. The Bertz CT molecular complexity index is 279. The molecular weight excluding hydrogens is 154 g/mol. The fourth-order valence-electron chi connectivity index (χ4n) is 1.38. The van der Waals surface area contributed by atoms with Gasteiger partial charge in [-0.1, -0.05) is 6.92 Å². The van der Waals surface area contributed by atoms with Crippen LogP contribution >= 0.6 is 0 Å². The van der Waals surface area contributed by atoms with Crippen LogP contribution in [-0.2, 0) is 0 Å². The summed E-state index contributed by atoms with van der Waals surface area (Å²) in [6.07, 6.45) is 1.17. The topological polar surface area (TPSA) is 69.6 Å². The zero-order chi connectivity index (χ0) is 8.72. The van der Waals surface area contributed by atoms with Gasteiger partial charge in [0.2, 0.25) is 0 Å². The number of nitrogens with zero attached hydrogens (tertiary/aromatic N) is 4. The monoisotopic (exact) mass is 167 g/mol. The van der Waals surface area contributed by atoms with Crippen molar-refractivity contribution in [3.05, 3.63) is 5.82 Å². The van der Waals surface area contributed by atoms with E-state index in [0.29, 0.717) is 12.0 Å². The van der Waals surface area contributed by atoms with E-state index in [9.17, 15) is 0 Å². The van der Waals surface area contributed by atoms with Crippen LogP contribution in [0, 0.1) is 5.92 Å². The number of tetrazole rings is 1. The highest BCUT2D eigenvalue weighted by molar-refractivity contribution is 4.97. The van der Waals surface area contributed by atoms with Crippen LogP contribution in [0.3, 0.4) is 0 Å². The van der Waals surface area contributed by atoms with Gasteiger partial charge in [0.1, 0.15) is 0 Å². The first-order valence-corrected chi connectivity index (χ1v) is 4.23. The quantitative estimate of drug-likeness (QED) is 0.686. The van der Waals surface area contributed by atoms with Gasteiger partial charge in [-0.05, 0) is 29.7 Å². The van der Waals surface area contributed by atoms with Crippen molar-refractivity contribution in [1.82, 2.24) is 20.2 Å². The summed E-state index contributed by atoms with van der Waals surface area (Å²) in [6.45, 7) is 4.09. The van der Waals surface area contributed by atoms with Gasteiger partial charge < -0.3 is 5.73 Å². The molecule has 0 bridgehead atoms. The molecule has 1 saturated carbocycles. The van der Waals surface area contributed by atoms with Gasteiger partial charge in [0, 0.05) is 0 Å². The van der Waals surface area contributed by atoms with E-state index in [0.717, 1.165) is 5.82 Å². The zero-order valence-corrected chi connectivity index (χ0v) is 7.31. The summed E-state index contributed by atoms with van der Waals surface area (Å²) in [5, 5.41) is 11.4. The molecule has 5 nitrogen and oxygen atoms in total. The van der Waals surface area contributed by atoms with Gasteiger partial charge in [-0.2, -0.15) is 0 Å². The van der Waals surface area contributed by atoms with Gasteiger partial charge >= 0.3 is 0 Å². The molecule has 0 amide bonds. The van der Waals surface area contributed by atoms with E-state index >= 15 is 0 Å². The largest absolute Gasteiger partial charge is 0.322 e. The zero-order valence-electron chi connectivity index (χ0n) is 7.31. The lowest BCUT2D eigenvalue weighted by Crippen LogP contribution is -2.14. The molecular formula is C7H13N5. The molecule has 1 heterocycles. The molecule has 1 aliphatic rings. The highest BCUT2D eigenvalue weighted by Gasteiger charge is 2.37. The van der Waals surface area contributed by atoms with Crippen molar-refractivity contribution in [2.24, 2.45) is 11.7 Å². The Morgan fingerprint density at radius 2 is 2.33 bits per heavy atom. The minimum absolute atomic E-state index is 0.0761. The Morgan fingerprint density at radius 1 is 1.67 bits per heavy atom. The van der Waals surface area contributed by atoms with Crippen LogP contribution in [0.5, 0.6) is 0 Å². The fraction of sp³-hybridized carbons (Fsp3) is 0.857. The SMILES string of the molecule is CC(N)c1nnnn1C1CC1C. The van der Waals surface area contributed by atoms with Crippen LogP contribution in [0.2, 0.25) is 0 Å². The van der Waals surface area contributed by atoms with Crippen molar-refractivity contribution in [1.29, 1.82) is 0 Å². The minimum atomic E-state index is -0.0761. The first-order valence-electron chi connectivity index (χ1n) is 4.23. The molecule has 0 aliphatic heterocycles. The second-order valence-corrected chi connectivity index (χ2v) is 3.55. The second kappa shape index (κ2) is 2.52. The fourth-order valence-corrected chi connectivity index (χ4v) is 1.38. The van der Waals surface area contributed by atoms with Crippen molar-refractivity contribution in [3.8, 4) is 0 Å². The minimum Gasteiger partial charge on any atom is -0.322 e. The predicted molar refractivity (Wildman–Crippen MR) is 43.2 cm³/mol. The van der Waals surface area contributed by atoms with Gasteiger partial charge in [0.15, 0.2) is 5.82 Å². The van der Waals surface area contributed by atoms with Crippen LogP contribution in [0.25, 0.3) is 0 Å². The Morgan fingerprint density at radius 3 is 2.83 bits per heavy atom. The molecule has 3 atom stereocenters. The Balaban J connectivity index is 2.25. The highest BCUT2D eigenvalue weighted by atomic mass is 15.6. The summed E-state index contributed by atoms with van der Waals surface area (Å²) in [5.41, 5.74) is 5.71. The van der Waals surface area contributed by atoms with Crippen molar-refractivity contribution in [2.45, 2.75) is 32.4 Å². The molecule has 1 fully saturated rings. The van der Waals surface area contributed by atoms with Gasteiger partial charge in [-0.15, -0.1) is 5.10 Å². The van der Waals surface area contributed by atoms with Crippen molar-refractivity contribution >= 4 is 0 Å². The smallest absolute Gasteiger partial charge is 0.167 e. The van der Waals surface area contributed by atoms with Crippen LogP contribution in [0.4, 0.5) is 0 Å². The van der Waals surface area contributed by atoms with Crippen molar-refractivity contribution in [2.75, 3.05) is 0 Å². The summed E-state index contributed by atoms with van der Waals surface area (Å²) in [7, 11) is 0. The van der Waals surface area contributed by atoms with Gasteiger partial charge in [0.25, 0.3) is 0 Å². The Hall–Kier alpha value is -0.970. The number of aromatic nitrogens is 4. The van der Waals surface area contributed by atoms with Crippen LogP contribution < -0.4 is 5.73 Å². The van der Waals surface area contributed by atoms with Crippen molar-refractivity contribution < 1.29 is 0 Å². The second-order valence-electron chi connectivity index (χ2n) is 3.55. The van der Waals surface area contributed by atoms with Gasteiger partial charge in [0.05, 0.1) is 12.1 Å². The Labute approximate surface area is 70.9 Å². The molecule has 3 unspecified atom stereocenters. The molecule has 0 radical (unpaired) electrons. The normalized spacial score (nSPS) is 30.2. The molecule has 1 aromatic heterocycles. The number of nitrogens with two attached hydrogens (primary N) is 1. The lowest BCUT2D eigenvalue weighted by atomic mass is 10.3. The maximum Gasteiger partial charge on any atom is 0.167 e. The van der Waals surface area contributed by atoms with E-state index in [1.807, 2.05) is 11.6 Å². The van der Waals surface area contributed by atoms with Gasteiger partial charge in [-0.3, -0.25) is 0 Å². The lowest BCUT2D eigenvalue weighted by Gasteiger charge is -2.04. The van der Waals surface area contributed by atoms with Gasteiger partial charge in [-0.25, -0.2) is 4.68 Å². The maximum absolute atomic E-state index is 5.71. The summed E-state index contributed by atoms with van der Waals surface area (Å²) in [6, 6.07) is 0.411. The number of hydrogen-bond acceptors (Lipinski definition) is 4. The molecule has 1 aromatic rings. The average molecular weight is 167 g/mol. The molecule has 2 N–H and O–H groups in total. The average Bonchev–Trinajstić information content (AvgIpc) is 2.58. The van der Waals surface area contributed by atoms with Crippen LogP contribution in [0.15, 0.2) is 0 Å². The number of hydrogen-bond donors (Lipinski definition) is 1. The van der Waals surface area contributed by atoms with Crippen molar-refractivity contribution in [3.63, 3.8) is 0 Å². The van der Waals surface area contributed by atoms with E-state index in [4.69, 9.17) is 5.73 Å². The molecule has 1 aliphatic carbocycles. The van der Waals surface area contributed by atoms with E-state index in [-0.39, 0.29) is 6.04 Å².